The second-order valence-electron chi connectivity index (χ2n) is 5.10. The minimum absolute atomic E-state index is 0.0779. The lowest BCUT2D eigenvalue weighted by Crippen LogP contribution is -2.20. The van der Waals surface area contributed by atoms with E-state index in [0.717, 1.165) is 17.8 Å². The molecular formula is C16H14F3N5. The number of anilines is 1. The van der Waals surface area contributed by atoms with E-state index in [1.165, 1.54) is 0 Å². The van der Waals surface area contributed by atoms with Gasteiger partial charge in [0.2, 0.25) is 5.95 Å². The van der Waals surface area contributed by atoms with Crippen molar-refractivity contribution in [3.8, 4) is 0 Å². The molecule has 2 aromatic heterocycles. The molecule has 0 fully saturated rings. The molecule has 0 aliphatic carbocycles. The van der Waals surface area contributed by atoms with E-state index in [4.69, 9.17) is 0 Å². The third-order valence-corrected chi connectivity index (χ3v) is 3.38. The first kappa shape index (κ1) is 16.0. The smallest absolute Gasteiger partial charge is 0.346 e. The summed E-state index contributed by atoms with van der Waals surface area (Å²) in [6, 6.07) is 11.7. The molecule has 1 N–H and O–H groups in total. The summed E-state index contributed by atoms with van der Waals surface area (Å²) in [5.41, 5.74) is -0.0834. The van der Waals surface area contributed by atoms with Crippen molar-refractivity contribution in [1.29, 1.82) is 0 Å². The summed E-state index contributed by atoms with van der Waals surface area (Å²) in [4.78, 5) is 7.46. The highest BCUT2D eigenvalue weighted by Gasteiger charge is 2.33. The maximum absolute atomic E-state index is 12.8. The third kappa shape index (κ3) is 3.89. The van der Waals surface area contributed by atoms with E-state index in [1.54, 1.807) is 23.1 Å². The molecule has 1 atom stereocenters. The van der Waals surface area contributed by atoms with Crippen LogP contribution in [0.25, 0.3) is 0 Å². The van der Waals surface area contributed by atoms with Gasteiger partial charge in [-0.3, -0.25) is 4.68 Å². The summed E-state index contributed by atoms with van der Waals surface area (Å²) in [6.45, 7) is 0.427. The van der Waals surface area contributed by atoms with Gasteiger partial charge in [0.15, 0.2) is 0 Å². The lowest BCUT2D eigenvalue weighted by molar-refractivity contribution is -0.141. The van der Waals surface area contributed by atoms with E-state index >= 15 is 0 Å². The number of rotatable bonds is 5. The van der Waals surface area contributed by atoms with Crippen molar-refractivity contribution in [3.05, 3.63) is 72.3 Å². The number of hydrogen-bond donors (Lipinski definition) is 1. The van der Waals surface area contributed by atoms with Gasteiger partial charge in [0, 0.05) is 18.6 Å². The summed E-state index contributed by atoms with van der Waals surface area (Å²) in [5, 5.41) is 7.10. The Labute approximate surface area is 136 Å². The van der Waals surface area contributed by atoms with Crippen LogP contribution in [0.2, 0.25) is 0 Å². The number of hydrogen-bond acceptors (Lipinski definition) is 4. The van der Waals surface area contributed by atoms with Crippen LogP contribution in [0, 0.1) is 0 Å². The van der Waals surface area contributed by atoms with E-state index in [0.29, 0.717) is 6.54 Å². The fraction of sp³-hybridized carbons (Fsp3) is 0.188. The molecule has 8 heteroatoms. The van der Waals surface area contributed by atoms with Crippen molar-refractivity contribution in [2.24, 2.45) is 0 Å². The van der Waals surface area contributed by atoms with Crippen LogP contribution in [-0.4, -0.2) is 19.7 Å². The first-order valence-corrected chi connectivity index (χ1v) is 7.21. The van der Waals surface area contributed by atoms with Crippen molar-refractivity contribution in [2.45, 2.75) is 18.8 Å². The number of benzene rings is 1. The third-order valence-electron chi connectivity index (χ3n) is 3.38. The molecule has 3 aromatic rings. The topological polar surface area (TPSA) is 55.6 Å². The van der Waals surface area contributed by atoms with E-state index in [9.17, 15) is 13.2 Å². The highest BCUT2D eigenvalue weighted by Crippen LogP contribution is 2.28. The zero-order chi connectivity index (χ0) is 17.0. The number of nitrogens with zero attached hydrogens (tertiary/aromatic N) is 4. The molecule has 5 nitrogen and oxygen atoms in total. The number of nitrogens with one attached hydrogen (secondary N) is 1. The fourth-order valence-electron chi connectivity index (χ4n) is 2.26. The Bertz CT molecular complexity index is 772. The zero-order valence-corrected chi connectivity index (χ0v) is 12.5. The largest absolute Gasteiger partial charge is 0.433 e. The van der Waals surface area contributed by atoms with Gasteiger partial charge >= 0.3 is 6.18 Å². The maximum Gasteiger partial charge on any atom is 0.433 e. The molecule has 0 radical (unpaired) electrons. The molecule has 24 heavy (non-hydrogen) atoms. The molecule has 0 bridgehead atoms. The van der Waals surface area contributed by atoms with Gasteiger partial charge in [-0.25, -0.2) is 9.97 Å². The van der Waals surface area contributed by atoms with E-state index in [2.05, 4.69) is 20.4 Å². The molecule has 3 rings (SSSR count). The predicted octanol–water partition coefficient (Wildman–Crippen LogP) is 3.55. The van der Waals surface area contributed by atoms with Crippen molar-refractivity contribution >= 4 is 5.95 Å². The summed E-state index contributed by atoms with van der Waals surface area (Å²) < 4.78 is 40.1. The normalized spacial score (nSPS) is 12.8. The highest BCUT2D eigenvalue weighted by atomic mass is 19.4. The predicted molar refractivity (Wildman–Crippen MR) is 82.1 cm³/mol. The Morgan fingerprint density at radius 3 is 2.50 bits per heavy atom. The van der Waals surface area contributed by atoms with Crippen LogP contribution in [0.1, 0.15) is 17.3 Å². The van der Waals surface area contributed by atoms with Crippen LogP contribution in [-0.2, 0) is 12.7 Å². The van der Waals surface area contributed by atoms with Gasteiger partial charge in [0.1, 0.15) is 5.69 Å². The van der Waals surface area contributed by atoms with Gasteiger partial charge in [0.05, 0.1) is 12.6 Å². The monoisotopic (exact) mass is 333 g/mol. The first-order chi connectivity index (χ1) is 11.5. The lowest BCUT2D eigenvalue weighted by atomic mass is 10.1. The summed E-state index contributed by atoms with van der Waals surface area (Å²) in [6.07, 6.45) is 0.00512. The fourth-order valence-corrected chi connectivity index (χ4v) is 2.26. The minimum Gasteiger partial charge on any atom is -0.346 e. The molecular weight excluding hydrogens is 319 g/mol. The second-order valence-corrected chi connectivity index (χ2v) is 5.10. The van der Waals surface area contributed by atoms with Crippen molar-refractivity contribution < 1.29 is 13.2 Å². The Morgan fingerprint density at radius 2 is 1.83 bits per heavy atom. The zero-order valence-electron chi connectivity index (χ0n) is 12.5. The first-order valence-electron chi connectivity index (χ1n) is 7.21. The van der Waals surface area contributed by atoms with E-state index < -0.39 is 11.9 Å². The van der Waals surface area contributed by atoms with Crippen LogP contribution < -0.4 is 5.32 Å². The van der Waals surface area contributed by atoms with Crippen LogP contribution in [0.4, 0.5) is 19.1 Å². The van der Waals surface area contributed by atoms with Gasteiger partial charge in [0.25, 0.3) is 0 Å². The number of halogens is 3. The Kier molecular flexibility index (Phi) is 4.45. The molecule has 0 aliphatic rings. The molecule has 0 saturated heterocycles. The quantitative estimate of drug-likeness (QED) is 0.776. The molecule has 1 aromatic carbocycles. The number of alkyl halides is 3. The standard InChI is InChI=1S/C16H14F3N5/c17-16(18,19)14-7-9-20-15(23-14)22-13(11-24-10-4-8-21-24)12-5-2-1-3-6-12/h1-10,13H,11H2,(H,20,22,23)/t13-/m0/s1. The maximum atomic E-state index is 12.8. The van der Waals surface area contributed by atoms with E-state index in [-0.39, 0.29) is 12.0 Å². The van der Waals surface area contributed by atoms with Gasteiger partial charge in [-0.05, 0) is 17.7 Å². The summed E-state index contributed by atoms with van der Waals surface area (Å²) >= 11 is 0. The SMILES string of the molecule is FC(F)(F)c1ccnc(N[C@@H](Cn2cccn2)c2ccccc2)n1. The molecule has 0 saturated carbocycles. The number of aromatic nitrogens is 4. The average molecular weight is 333 g/mol. The van der Waals surface area contributed by atoms with Crippen LogP contribution in [0.5, 0.6) is 0 Å². The highest BCUT2D eigenvalue weighted by molar-refractivity contribution is 5.32. The summed E-state index contributed by atoms with van der Waals surface area (Å²) in [7, 11) is 0. The molecule has 0 unspecified atom stereocenters. The minimum atomic E-state index is -4.51. The Hall–Kier alpha value is -2.90. The molecule has 0 amide bonds. The van der Waals surface area contributed by atoms with Gasteiger partial charge in [-0.2, -0.15) is 18.3 Å². The van der Waals surface area contributed by atoms with Crippen molar-refractivity contribution in [1.82, 2.24) is 19.7 Å². The Balaban J connectivity index is 1.87. The molecule has 2 heterocycles. The average Bonchev–Trinajstić information content (AvgIpc) is 3.08. The van der Waals surface area contributed by atoms with Crippen LogP contribution in [0.3, 0.4) is 0 Å². The van der Waals surface area contributed by atoms with Gasteiger partial charge in [-0.1, -0.05) is 30.3 Å². The Morgan fingerprint density at radius 1 is 1.04 bits per heavy atom. The van der Waals surface area contributed by atoms with Crippen LogP contribution >= 0.6 is 0 Å². The van der Waals surface area contributed by atoms with Gasteiger partial charge in [-0.15, -0.1) is 0 Å². The van der Waals surface area contributed by atoms with Crippen molar-refractivity contribution in [2.75, 3.05) is 5.32 Å². The van der Waals surface area contributed by atoms with Crippen molar-refractivity contribution in [3.63, 3.8) is 0 Å². The summed E-state index contributed by atoms with van der Waals surface area (Å²) in [5.74, 6) is -0.0779. The lowest BCUT2D eigenvalue weighted by Gasteiger charge is -2.19. The van der Waals surface area contributed by atoms with Crippen LogP contribution in [0.15, 0.2) is 61.1 Å². The molecule has 0 spiro atoms. The second kappa shape index (κ2) is 6.69. The molecule has 0 aliphatic heterocycles. The van der Waals surface area contributed by atoms with Gasteiger partial charge < -0.3 is 5.32 Å². The van der Waals surface area contributed by atoms with E-state index in [1.807, 2.05) is 30.3 Å². The molecule has 124 valence electrons.